The van der Waals surface area contributed by atoms with Crippen molar-refractivity contribution in [1.82, 2.24) is 0 Å². The van der Waals surface area contributed by atoms with Gasteiger partial charge < -0.3 is 19.9 Å². The molecule has 1 aromatic carbocycles. The molecule has 18 heavy (non-hydrogen) atoms. The lowest BCUT2D eigenvalue weighted by Crippen LogP contribution is -2.21. The summed E-state index contributed by atoms with van der Waals surface area (Å²) in [5, 5.41) is 0. The number of fused-ring (bicyclic) bond motifs is 1. The predicted octanol–water partition coefficient (Wildman–Crippen LogP) is 2.22. The minimum atomic E-state index is 0.193. The van der Waals surface area contributed by atoms with E-state index in [1.54, 1.807) is 0 Å². The number of thiol groups is 1. The van der Waals surface area contributed by atoms with Crippen molar-refractivity contribution in [2.45, 2.75) is 25.3 Å². The molecular weight excluding hydrogens is 250 g/mol. The number of nitrogens with two attached hydrogens (primary N) is 1. The maximum Gasteiger partial charge on any atom is 0.231 e. The van der Waals surface area contributed by atoms with Gasteiger partial charge in [-0.15, -0.1) is 0 Å². The van der Waals surface area contributed by atoms with Crippen LogP contribution in [0.2, 0.25) is 0 Å². The molecule has 0 aliphatic carbocycles. The van der Waals surface area contributed by atoms with Gasteiger partial charge in [0.15, 0.2) is 11.5 Å². The molecule has 5 heteroatoms. The molecule has 2 N–H and O–H groups in total. The standard InChI is InChI=1S/C13H19NO3S/c14-10(8-18)3-1-2-6-15-11-4-5-12-13(7-11)17-9-16-12/h4-5,7,10,18H,1-3,6,8-9,14H2. The predicted molar refractivity (Wildman–Crippen MR) is 73.7 cm³/mol. The van der Waals surface area contributed by atoms with E-state index < -0.39 is 0 Å². The van der Waals surface area contributed by atoms with Crippen molar-refractivity contribution < 1.29 is 14.2 Å². The molecule has 0 radical (unpaired) electrons. The van der Waals surface area contributed by atoms with E-state index in [4.69, 9.17) is 19.9 Å². The Morgan fingerprint density at radius 3 is 2.94 bits per heavy atom. The van der Waals surface area contributed by atoms with Crippen LogP contribution >= 0.6 is 12.6 Å². The fourth-order valence-corrected chi connectivity index (χ4v) is 1.94. The monoisotopic (exact) mass is 269 g/mol. The van der Waals surface area contributed by atoms with Crippen LogP contribution < -0.4 is 19.9 Å². The molecule has 4 nitrogen and oxygen atoms in total. The van der Waals surface area contributed by atoms with Crippen LogP contribution in [0.1, 0.15) is 19.3 Å². The Bertz CT molecular complexity index is 386. The fraction of sp³-hybridized carbons (Fsp3) is 0.538. The van der Waals surface area contributed by atoms with Gasteiger partial charge in [-0.2, -0.15) is 12.6 Å². The first-order valence-electron chi connectivity index (χ1n) is 6.18. The zero-order chi connectivity index (χ0) is 12.8. The zero-order valence-electron chi connectivity index (χ0n) is 10.3. The molecule has 0 saturated carbocycles. The summed E-state index contributed by atoms with van der Waals surface area (Å²) in [5.41, 5.74) is 5.78. The Morgan fingerprint density at radius 1 is 1.28 bits per heavy atom. The number of hydrogen-bond donors (Lipinski definition) is 2. The van der Waals surface area contributed by atoms with Gasteiger partial charge in [-0.05, 0) is 31.4 Å². The molecule has 1 heterocycles. The Balaban J connectivity index is 1.68. The van der Waals surface area contributed by atoms with Crippen LogP contribution in [-0.4, -0.2) is 25.2 Å². The Labute approximate surface area is 113 Å². The lowest BCUT2D eigenvalue weighted by molar-refractivity contribution is 0.173. The highest BCUT2D eigenvalue weighted by Crippen LogP contribution is 2.35. The summed E-state index contributed by atoms with van der Waals surface area (Å²) in [7, 11) is 0. The van der Waals surface area contributed by atoms with Crippen LogP contribution in [0.5, 0.6) is 17.2 Å². The normalized spacial score (nSPS) is 14.6. The van der Waals surface area contributed by atoms with Gasteiger partial charge in [0.05, 0.1) is 6.61 Å². The van der Waals surface area contributed by atoms with Gasteiger partial charge in [-0.3, -0.25) is 0 Å². The molecule has 1 unspecified atom stereocenters. The average Bonchev–Trinajstić information content (AvgIpc) is 2.85. The van der Waals surface area contributed by atoms with Crippen LogP contribution in [0.15, 0.2) is 18.2 Å². The average molecular weight is 269 g/mol. The van der Waals surface area contributed by atoms with Gasteiger partial charge >= 0.3 is 0 Å². The van der Waals surface area contributed by atoms with Crippen LogP contribution in [-0.2, 0) is 0 Å². The third-order valence-electron chi connectivity index (χ3n) is 2.82. The molecule has 0 fully saturated rings. The molecule has 0 amide bonds. The molecule has 1 aromatic rings. The van der Waals surface area contributed by atoms with Crippen molar-refractivity contribution in [2.75, 3.05) is 19.2 Å². The molecule has 2 rings (SSSR count). The molecular formula is C13H19NO3S. The first-order valence-corrected chi connectivity index (χ1v) is 6.81. The number of hydrogen-bond acceptors (Lipinski definition) is 5. The summed E-state index contributed by atoms with van der Waals surface area (Å²) >= 11 is 4.15. The van der Waals surface area contributed by atoms with Gasteiger partial charge in [0.2, 0.25) is 6.79 Å². The minimum absolute atomic E-state index is 0.193. The van der Waals surface area contributed by atoms with E-state index in [1.165, 1.54) is 0 Å². The first kappa shape index (κ1) is 13.4. The van der Waals surface area contributed by atoms with E-state index in [1.807, 2.05) is 18.2 Å². The largest absolute Gasteiger partial charge is 0.493 e. The highest BCUT2D eigenvalue weighted by Gasteiger charge is 2.13. The summed E-state index contributed by atoms with van der Waals surface area (Å²) < 4.78 is 16.2. The second-order valence-corrected chi connectivity index (χ2v) is 4.67. The van der Waals surface area contributed by atoms with E-state index in [-0.39, 0.29) is 6.04 Å². The summed E-state index contributed by atoms with van der Waals surface area (Å²) in [6, 6.07) is 5.82. The molecule has 1 aliphatic heterocycles. The van der Waals surface area contributed by atoms with E-state index >= 15 is 0 Å². The lowest BCUT2D eigenvalue weighted by Gasteiger charge is -2.09. The maximum atomic E-state index is 5.78. The molecule has 1 atom stereocenters. The van der Waals surface area contributed by atoms with Crippen molar-refractivity contribution in [3.05, 3.63) is 18.2 Å². The molecule has 0 spiro atoms. The van der Waals surface area contributed by atoms with E-state index in [2.05, 4.69) is 12.6 Å². The highest BCUT2D eigenvalue weighted by molar-refractivity contribution is 7.80. The van der Waals surface area contributed by atoms with Gasteiger partial charge in [-0.25, -0.2) is 0 Å². The second kappa shape index (κ2) is 6.75. The van der Waals surface area contributed by atoms with E-state index in [0.717, 1.165) is 42.3 Å². The number of benzene rings is 1. The van der Waals surface area contributed by atoms with Crippen LogP contribution in [0, 0.1) is 0 Å². The van der Waals surface area contributed by atoms with Crippen molar-refractivity contribution in [2.24, 2.45) is 5.73 Å². The third kappa shape index (κ3) is 3.71. The molecule has 1 aliphatic rings. The molecule has 0 bridgehead atoms. The van der Waals surface area contributed by atoms with E-state index in [9.17, 15) is 0 Å². The highest BCUT2D eigenvalue weighted by atomic mass is 32.1. The van der Waals surface area contributed by atoms with Crippen LogP contribution in [0.25, 0.3) is 0 Å². The molecule has 0 saturated heterocycles. The Kier molecular flexibility index (Phi) is 5.01. The van der Waals surface area contributed by atoms with Crippen molar-refractivity contribution in [3.63, 3.8) is 0 Å². The number of rotatable bonds is 7. The van der Waals surface area contributed by atoms with Crippen LogP contribution in [0.4, 0.5) is 0 Å². The molecule has 100 valence electrons. The zero-order valence-corrected chi connectivity index (χ0v) is 11.2. The fourth-order valence-electron chi connectivity index (χ4n) is 1.76. The van der Waals surface area contributed by atoms with Gasteiger partial charge in [-0.1, -0.05) is 0 Å². The maximum absolute atomic E-state index is 5.78. The second-order valence-electron chi connectivity index (χ2n) is 4.30. The van der Waals surface area contributed by atoms with Gasteiger partial charge in [0.1, 0.15) is 5.75 Å². The first-order chi connectivity index (χ1) is 8.79. The van der Waals surface area contributed by atoms with E-state index in [0.29, 0.717) is 13.4 Å². The summed E-state index contributed by atoms with van der Waals surface area (Å²) in [6.45, 7) is 0.985. The van der Waals surface area contributed by atoms with Gasteiger partial charge in [0, 0.05) is 17.9 Å². The number of ether oxygens (including phenoxy) is 3. The lowest BCUT2D eigenvalue weighted by atomic mass is 10.1. The molecule has 0 aromatic heterocycles. The summed E-state index contributed by atoms with van der Waals surface area (Å²) in [5.74, 6) is 3.09. The summed E-state index contributed by atoms with van der Waals surface area (Å²) in [4.78, 5) is 0. The Morgan fingerprint density at radius 2 is 2.11 bits per heavy atom. The minimum Gasteiger partial charge on any atom is -0.493 e. The Hall–Kier alpha value is -1.07. The van der Waals surface area contributed by atoms with Crippen molar-refractivity contribution in [3.8, 4) is 17.2 Å². The van der Waals surface area contributed by atoms with Crippen molar-refractivity contribution in [1.29, 1.82) is 0 Å². The number of unbranched alkanes of at least 4 members (excludes halogenated alkanes) is 1. The topological polar surface area (TPSA) is 53.7 Å². The SMILES string of the molecule is NC(CS)CCCCOc1ccc2c(c1)OCO2. The van der Waals surface area contributed by atoms with Crippen LogP contribution in [0.3, 0.4) is 0 Å². The van der Waals surface area contributed by atoms with Crippen molar-refractivity contribution >= 4 is 12.6 Å². The summed E-state index contributed by atoms with van der Waals surface area (Å²) in [6.07, 6.45) is 3.05. The smallest absolute Gasteiger partial charge is 0.231 e. The quantitative estimate of drug-likeness (QED) is 0.589. The third-order valence-corrected chi connectivity index (χ3v) is 3.29. The van der Waals surface area contributed by atoms with Gasteiger partial charge in [0.25, 0.3) is 0 Å².